The van der Waals surface area contributed by atoms with Gasteiger partial charge in [0.15, 0.2) is 5.52 Å². The summed E-state index contributed by atoms with van der Waals surface area (Å²) in [7, 11) is 2.01. The third-order valence-corrected chi connectivity index (χ3v) is 3.42. The molecule has 6 nitrogen and oxygen atoms in total. The van der Waals surface area contributed by atoms with Crippen molar-refractivity contribution in [3.63, 3.8) is 0 Å². The molecule has 6 heteroatoms. The van der Waals surface area contributed by atoms with Crippen molar-refractivity contribution in [2.45, 2.75) is 12.5 Å². The summed E-state index contributed by atoms with van der Waals surface area (Å²) in [5.41, 5.74) is 0.827. The Bertz CT molecular complexity index is 617. The molecular formula is C12H15N5O. The lowest BCUT2D eigenvalue weighted by molar-refractivity contribution is 0.679. The van der Waals surface area contributed by atoms with E-state index in [1.165, 1.54) is 6.33 Å². The fourth-order valence-electron chi connectivity index (χ4n) is 2.30. The Morgan fingerprint density at radius 1 is 1.44 bits per heavy atom. The van der Waals surface area contributed by atoms with Crippen molar-refractivity contribution in [3.8, 4) is 0 Å². The molecule has 0 amide bonds. The Morgan fingerprint density at radius 3 is 3.11 bits per heavy atom. The number of hydrogen-bond donors (Lipinski definition) is 2. The molecule has 1 fully saturated rings. The summed E-state index contributed by atoms with van der Waals surface area (Å²) in [6.45, 7) is 1.99. The highest BCUT2D eigenvalue weighted by Crippen LogP contribution is 2.17. The van der Waals surface area contributed by atoms with Gasteiger partial charge < -0.3 is 15.2 Å². The first-order valence-corrected chi connectivity index (χ1v) is 6.04. The van der Waals surface area contributed by atoms with Crippen LogP contribution in [0.4, 0.5) is 5.82 Å². The first-order chi connectivity index (χ1) is 8.75. The number of aromatic nitrogens is 3. The minimum atomic E-state index is -0.195. The first kappa shape index (κ1) is 11.2. The molecule has 1 saturated heterocycles. The van der Waals surface area contributed by atoms with Gasteiger partial charge in [0, 0.05) is 19.6 Å². The summed E-state index contributed by atoms with van der Waals surface area (Å²) in [5, 5.41) is 3.32. The third-order valence-electron chi connectivity index (χ3n) is 3.42. The number of nitrogens with zero attached hydrogens (tertiary/aromatic N) is 3. The maximum Gasteiger partial charge on any atom is 0.277 e. The van der Waals surface area contributed by atoms with Crippen LogP contribution in [0.3, 0.4) is 0 Å². The highest BCUT2D eigenvalue weighted by molar-refractivity contribution is 5.74. The Balaban J connectivity index is 2.02. The van der Waals surface area contributed by atoms with Crippen molar-refractivity contribution in [2.24, 2.45) is 0 Å². The van der Waals surface area contributed by atoms with E-state index in [9.17, 15) is 4.79 Å². The molecule has 0 spiro atoms. The first-order valence-electron chi connectivity index (χ1n) is 6.04. The van der Waals surface area contributed by atoms with Gasteiger partial charge in [-0.2, -0.15) is 0 Å². The van der Waals surface area contributed by atoms with E-state index in [1.54, 1.807) is 0 Å². The highest BCUT2D eigenvalue weighted by Gasteiger charge is 2.20. The van der Waals surface area contributed by atoms with Gasteiger partial charge in [0.2, 0.25) is 0 Å². The fraction of sp³-hybridized carbons (Fsp3) is 0.417. The topological polar surface area (TPSA) is 73.9 Å². The second-order valence-electron chi connectivity index (χ2n) is 4.53. The van der Waals surface area contributed by atoms with Gasteiger partial charge >= 0.3 is 0 Å². The molecule has 3 heterocycles. The van der Waals surface area contributed by atoms with Crippen LogP contribution in [0.5, 0.6) is 0 Å². The van der Waals surface area contributed by atoms with E-state index >= 15 is 0 Å². The van der Waals surface area contributed by atoms with Gasteiger partial charge in [-0.15, -0.1) is 0 Å². The van der Waals surface area contributed by atoms with E-state index in [1.807, 2.05) is 19.2 Å². The molecule has 1 atom stereocenters. The van der Waals surface area contributed by atoms with Gasteiger partial charge in [-0.3, -0.25) is 4.79 Å². The van der Waals surface area contributed by atoms with Crippen molar-refractivity contribution in [2.75, 3.05) is 25.0 Å². The molecule has 0 radical (unpaired) electrons. The number of rotatable bonds is 2. The predicted octanol–water partition coefficient (Wildman–Crippen LogP) is 0.116. The van der Waals surface area contributed by atoms with Crippen molar-refractivity contribution in [1.82, 2.24) is 20.3 Å². The van der Waals surface area contributed by atoms with Gasteiger partial charge in [-0.25, -0.2) is 9.97 Å². The minimum absolute atomic E-state index is 0.195. The van der Waals surface area contributed by atoms with Gasteiger partial charge in [-0.05, 0) is 25.1 Å². The minimum Gasteiger partial charge on any atom is -0.355 e. The molecule has 2 N–H and O–H groups in total. The van der Waals surface area contributed by atoms with E-state index in [2.05, 4.69) is 25.2 Å². The number of aromatic amines is 1. The van der Waals surface area contributed by atoms with Crippen molar-refractivity contribution < 1.29 is 0 Å². The molecular weight excluding hydrogens is 230 g/mol. The van der Waals surface area contributed by atoms with Gasteiger partial charge in [0.25, 0.3) is 5.56 Å². The number of likely N-dealkylation sites (N-methyl/N-ethyl adjacent to an activating group) is 1. The van der Waals surface area contributed by atoms with Crippen LogP contribution in [-0.4, -0.2) is 41.1 Å². The summed E-state index contributed by atoms with van der Waals surface area (Å²) in [4.78, 5) is 24.9. The normalized spacial score (nSPS) is 19.3. The molecule has 1 aliphatic heterocycles. The van der Waals surface area contributed by atoms with Crippen molar-refractivity contribution in [1.29, 1.82) is 0 Å². The summed E-state index contributed by atoms with van der Waals surface area (Å²) in [5.74, 6) is 0.815. The van der Waals surface area contributed by atoms with Crippen molar-refractivity contribution in [3.05, 3.63) is 28.8 Å². The molecule has 0 bridgehead atoms. The average Bonchev–Trinajstić information content (AvgIpc) is 2.92. The number of pyridine rings is 1. The van der Waals surface area contributed by atoms with Crippen LogP contribution in [0.25, 0.3) is 11.0 Å². The number of hydrogen-bond acceptors (Lipinski definition) is 5. The Morgan fingerprint density at radius 2 is 2.33 bits per heavy atom. The van der Waals surface area contributed by atoms with E-state index in [-0.39, 0.29) is 5.56 Å². The number of fused-ring (bicyclic) bond motifs is 1. The maximum absolute atomic E-state index is 11.7. The zero-order valence-corrected chi connectivity index (χ0v) is 10.2. The van der Waals surface area contributed by atoms with Crippen LogP contribution < -0.4 is 15.8 Å². The lowest BCUT2D eigenvalue weighted by atomic mass is 10.2. The molecule has 0 saturated carbocycles. The molecule has 1 unspecified atom stereocenters. The molecule has 18 heavy (non-hydrogen) atoms. The number of H-pyrrole nitrogens is 1. The van der Waals surface area contributed by atoms with E-state index < -0.39 is 0 Å². The summed E-state index contributed by atoms with van der Waals surface area (Å²) in [6, 6.07) is 4.18. The Labute approximate surface area is 104 Å². The monoisotopic (exact) mass is 245 g/mol. The van der Waals surface area contributed by atoms with E-state index in [0.29, 0.717) is 17.1 Å². The molecule has 2 aromatic rings. The standard InChI is InChI=1S/C12H15N5O/c1-17(8-4-5-13-6-8)10-3-2-9-11(16-10)12(18)15-7-14-9/h2-3,7-8,13H,4-6H2,1H3,(H,14,15,18). The lowest BCUT2D eigenvalue weighted by Gasteiger charge is -2.24. The molecule has 94 valence electrons. The van der Waals surface area contributed by atoms with Crippen LogP contribution in [0.15, 0.2) is 23.3 Å². The van der Waals surface area contributed by atoms with E-state index in [0.717, 1.165) is 25.3 Å². The molecule has 0 aromatic carbocycles. The van der Waals surface area contributed by atoms with Gasteiger partial charge in [-0.1, -0.05) is 0 Å². The zero-order chi connectivity index (χ0) is 12.5. The Kier molecular flexibility index (Phi) is 2.71. The maximum atomic E-state index is 11.7. The Hall–Kier alpha value is -1.95. The quantitative estimate of drug-likeness (QED) is 0.786. The predicted molar refractivity (Wildman–Crippen MR) is 69.8 cm³/mol. The van der Waals surface area contributed by atoms with E-state index in [4.69, 9.17) is 0 Å². The fourth-order valence-corrected chi connectivity index (χ4v) is 2.30. The van der Waals surface area contributed by atoms with Gasteiger partial charge in [0.1, 0.15) is 5.82 Å². The largest absolute Gasteiger partial charge is 0.355 e. The number of anilines is 1. The van der Waals surface area contributed by atoms with Crippen LogP contribution in [0.2, 0.25) is 0 Å². The average molecular weight is 245 g/mol. The second kappa shape index (κ2) is 4.38. The third kappa shape index (κ3) is 1.84. The summed E-state index contributed by atoms with van der Waals surface area (Å²) in [6.07, 6.45) is 2.50. The molecule has 3 rings (SSSR count). The van der Waals surface area contributed by atoms with Gasteiger partial charge in [0.05, 0.1) is 11.8 Å². The highest BCUT2D eigenvalue weighted by atomic mass is 16.1. The van der Waals surface area contributed by atoms with Crippen LogP contribution in [0, 0.1) is 0 Å². The smallest absolute Gasteiger partial charge is 0.277 e. The number of nitrogens with one attached hydrogen (secondary N) is 2. The SMILES string of the molecule is CN(c1ccc2nc[nH]c(=O)c2n1)C1CCNC1. The van der Waals surface area contributed by atoms with Crippen LogP contribution in [-0.2, 0) is 0 Å². The zero-order valence-electron chi connectivity index (χ0n) is 10.2. The molecule has 2 aromatic heterocycles. The lowest BCUT2D eigenvalue weighted by Crippen LogP contribution is -2.34. The summed E-state index contributed by atoms with van der Waals surface area (Å²) < 4.78 is 0. The van der Waals surface area contributed by atoms with Crippen LogP contribution >= 0.6 is 0 Å². The second-order valence-corrected chi connectivity index (χ2v) is 4.53. The molecule has 0 aliphatic carbocycles. The van der Waals surface area contributed by atoms with Crippen LogP contribution in [0.1, 0.15) is 6.42 Å². The van der Waals surface area contributed by atoms with Crippen molar-refractivity contribution >= 4 is 16.9 Å². The summed E-state index contributed by atoms with van der Waals surface area (Å²) >= 11 is 0. The molecule has 1 aliphatic rings.